The summed E-state index contributed by atoms with van der Waals surface area (Å²) in [5, 5.41) is 2.28. The standard InChI is InChI=1S/C16H19NO3/c1-16(17,15(18)19-2)9-10-20-14-8-7-12-5-3-4-6-13(12)11-14/h3-8,11H,9-10,17H2,1-2H3. The first-order valence-corrected chi connectivity index (χ1v) is 6.52. The van der Waals surface area contributed by atoms with Crippen LogP contribution < -0.4 is 10.5 Å². The van der Waals surface area contributed by atoms with Crippen molar-refractivity contribution in [3.8, 4) is 5.75 Å². The number of nitrogens with two attached hydrogens (primary N) is 1. The summed E-state index contributed by atoms with van der Waals surface area (Å²) >= 11 is 0. The lowest BCUT2D eigenvalue weighted by Crippen LogP contribution is -2.46. The van der Waals surface area contributed by atoms with Crippen molar-refractivity contribution in [1.82, 2.24) is 0 Å². The highest BCUT2D eigenvalue weighted by atomic mass is 16.5. The molecule has 0 saturated carbocycles. The summed E-state index contributed by atoms with van der Waals surface area (Å²) < 4.78 is 10.3. The van der Waals surface area contributed by atoms with Gasteiger partial charge < -0.3 is 15.2 Å². The predicted octanol–water partition coefficient (Wildman–Crippen LogP) is 2.50. The third kappa shape index (κ3) is 3.27. The van der Waals surface area contributed by atoms with Crippen molar-refractivity contribution in [2.75, 3.05) is 13.7 Å². The minimum absolute atomic E-state index is 0.362. The van der Waals surface area contributed by atoms with Crippen molar-refractivity contribution in [3.63, 3.8) is 0 Å². The molecule has 0 bridgehead atoms. The van der Waals surface area contributed by atoms with E-state index in [2.05, 4.69) is 4.74 Å². The molecule has 0 aromatic heterocycles. The van der Waals surface area contributed by atoms with Crippen molar-refractivity contribution in [3.05, 3.63) is 42.5 Å². The Hall–Kier alpha value is -2.07. The zero-order valence-corrected chi connectivity index (χ0v) is 11.8. The third-order valence-electron chi connectivity index (χ3n) is 3.26. The molecule has 2 rings (SSSR count). The van der Waals surface area contributed by atoms with Gasteiger partial charge in [-0.3, -0.25) is 4.79 Å². The quantitative estimate of drug-likeness (QED) is 0.850. The van der Waals surface area contributed by atoms with Gasteiger partial charge in [0.25, 0.3) is 0 Å². The van der Waals surface area contributed by atoms with Crippen LogP contribution in [0, 0.1) is 0 Å². The van der Waals surface area contributed by atoms with Crippen LogP contribution in [0.5, 0.6) is 5.75 Å². The number of carbonyl (C=O) groups is 1. The summed E-state index contributed by atoms with van der Waals surface area (Å²) in [5.41, 5.74) is 4.85. The van der Waals surface area contributed by atoms with Crippen LogP contribution in [0.4, 0.5) is 0 Å². The molecule has 4 heteroatoms. The average molecular weight is 273 g/mol. The van der Waals surface area contributed by atoms with E-state index in [9.17, 15) is 4.79 Å². The second kappa shape index (κ2) is 5.92. The molecule has 1 atom stereocenters. The Bertz CT molecular complexity index is 607. The molecule has 0 aliphatic carbocycles. The van der Waals surface area contributed by atoms with Gasteiger partial charge in [0.2, 0.25) is 0 Å². The molecule has 0 radical (unpaired) electrons. The summed E-state index contributed by atoms with van der Waals surface area (Å²) in [4.78, 5) is 11.4. The van der Waals surface area contributed by atoms with Crippen molar-refractivity contribution in [2.45, 2.75) is 18.9 Å². The molecule has 2 N–H and O–H groups in total. The SMILES string of the molecule is COC(=O)C(C)(N)CCOc1ccc2ccccc2c1. The molecule has 0 spiro atoms. The van der Waals surface area contributed by atoms with Gasteiger partial charge in [-0.05, 0) is 29.8 Å². The molecule has 0 aliphatic rings. The highest BCUT2D eigenvalue weighted by molar-refractivity contribution is 5.83. The first-order valence-electron chi connectivity index (χ1n) is 6.52. The normalized spacial score (nSPS) is 13.8. The van der Waals surface area contributed by atoms with Crippen LogP contribution in [-0.2, 0) is 9.53 Å². The monoisotopic (exact) mass is 273 g/mol. The molecule has 2 aromatic carbocycles. The van der Waals surface area contributed by atoms with E-state index in [0.29, 0.717) is 13.0 Å². The Morgan fingerprint density at radius 1 is 1.20 bits per heavy atom. The van der Waals surface area contributed by atoms with E-state index in [1.807, 2.05) is 42.5 Å². The average Bonchev–Trinajstić information content (AvgIpc) is 2.46. The Morgan fingerprint density at radius 3 is 2.60 bits per heavy atom. The second-order valence-corrected chi connectivity index (χ2v) is 5.02. The van der Waals surface area contributed by atoms with Crippen LogP contribution in [0.25, 0.3) is 10.8 Å². The molecular weight excluding hydrogens is 254 g/mol. The van der Waals surface area contributed by atoms with Crippen LogP contribution >= 0.6 is 0 Å². The van der Waals surface area contributed by atoms with Crippen LogP contribution in [0.2, 0.25) is 0 Å². The number of hydrogen-bond donors (Lipinski definition) is 1. The highest BCUT2D eigenvalue weighted by Gasteiger charge is 2.29. The van der Waals surface area contributed by atoms with Crippen molar-refractivity contribution in [1.29, 1.82) is 0 Å². The van der Waals surface area contributed by atoms with E-state index in [4.69, 9.17) is 10.5 Å². The number of carbonyl (C=O) groups excluding carboxylic acids is 1. The van der Waals surface area contributed by atoms with Gasteiger partial charge >= 0.3 is 5.97 Å². The maximum atomic E-state index is 11.4. The summed E-state index contributed by atoms with van der Waals surface area (Å²) in [7, 11) is 1.33. The fraction of sp³-hybridized carbons (Fsp3) is 0.312. The Labute approximate surface area is 118 Å². The van der Waals surface area contributed by atoms with Crippen molar-refractivity contribution >= 4 is 16.7 Å². The van der Waals surface area contributed by atoms with E-state index in [1.165, 1.54) is 7.11 Å². The zero-order chi connectivity index (χ0) is 14.6. The first kappa shape index (κ1) is 14.3. The lowest BCUT2D eigenvalue weighted by atomic mass is 10.0. The highest BCUT2D eigenvalue weighted by Crippen LogP contribution is 2.21. The van der Waals surface area contributed by atoms with E-state index < -0.39 is 11.5 Å². The van der Waals surface area contributed by atoms with Crippen molar-refractivity contribution < 1.29 is 14.3 Å². The smallest absolute Gasteiger partial charge is 0.325 e. The maximum absolute atomic E-state index is 11.4. The molecule has 1 unspecified atom stereocenters. The van der Waals surface area contributed by atoms with Crippen LogP contribution in [-0.4, -0.2) is 25.2 Å². The van der Waals surface area contributed by atoms with Crippen molar-refractivity contribution in [2.24, 2.45) is 5.73 Å². The number of rotatable bonds is 5. The number of methoxy groups -OCH3 is 1. The number of esters is 1. The molecule has 0 aliphatic heterocycles. The maximum Gasteiger partial charge on any atom is 0.325 e. The van der Waals surface area contributed by atoms with E-state index >= 15 is 0 Å². The molecule has 0 heterocycles. The Balaban J connectivity index is 1.98. The van der Waals surface area contributed by atoms with Crippen LogP contribution in [0.15, 0.2) is 42.5 Å². The minimum atomic E-state index is -1.02. The van der Waals surface area contributed by atoms with Crippen LogP contribution in [0.1, 0.15) is 13.3 Å². The van der Waals surface area contributed by atoms with Gasteiger partial charge in [-0.15, -0.1) is 0 Å². The van der Waals surface area contributed by atoms with Gasteiger partial charge in [-0.25, -0.2) is 0 Å². The molecule has 0 fully saturated rings. The van der Waals surface area contributed by atoms with Gasteiger partial charge in [-0.2, -0.15) is 0 Å². The molecule has 20 heavy (non-hydrogen) atoms. The second-order valence-electron chi connectivity index (χ2n) is 5.02. The molecule has 2 aromatic rings. The number of benzene rings is 2. The largest absolute Gasteiger partial charge is 0.493 e. The molecule has 4 nitrogen and oxygen atoms in total. The molecule has 0 amide bonds. The lowest BCUT2D eigenvalue weighted by Gasteiger charge is -2.21. The van der Waals surface area contributed by atoms with E-state index in [0.717, 1.165) is 16.5 Å². The summed E-state index contributed by atoms with van der Waals surface area (Å²) in [6, 6.07) is 14.0. The summed E-state index contributed by atoms with van der Waals surface area (Å²) in [5.74, 6) is 0.337. The van der Waals surface area contributed by atoms with Crippen LogP contribution in [0.3, 0.4) is 0 Å². The minimum Gasteiger partial charge on any atom is -0.493 e. The number of ether oxygens (including phenoxy) is 2. The van der Waals surface area contributed by atoms with Gasteiger partial charge in [-0.1, -0.05) is 30.3 Å². The Kier molecular flexibility index (Phi) is 4.25. The number of hydrogen-bond acceptors (Lipinski definition) is 4. The lowest BCUT2D eigenvalue weighted by molar-refractivity contribution is -0.146. The zero-order valence-electron chi connectivity index (χ0n) is 11.8. The van der Waals surface area contributed by atoms with E-state index in [1.54, 1.807) is 6.92 Å². The molecule has 0 saturated heterocycles. The topological polar surface area (TPSA) is 61.5 Å². The predicted molar refractivity (Wildman–Crippen MR) is 78.7 cm³/mol. The van der Waals surface area contributed by atoms with Gasteiger partial charge in [0.05, 0.1) is 13.7 Å². The fourth-order valence-electron chi connectivity index (χ4n) is 1.97. The summed E-state index contributed by atoms with van der Waals surface area (Å²) in [6.07, 6.45) is 0.395. The van der Waals surface area contributed by atoms with Gasteiger partial charge in [0.15, 0.2) is 0 Å². The number of fused-ring (bicyclic) bond motifs is 1. The Morgan fingerprint density at radius 2 is 1.90 bits per heavy atom. The summed E-state index contributed by atoms with van der Waals surface area (Å²) in [6.45, 7) is 2.00. The van der Waals surface area contributed by atoms with Gasteiger partial charge in [0.1, 0.15) is 11.3 Å². The third-order valence-corrected chi connectivity index (χ3v) is 3.26. The first-order chi connectivity index (χ1) is 9.53. The van der Waals surface area contributed by atoms with Gasteiger partial charge in [0, 0.05) is 6.42 Å². The fourth-order valence-corrected chi connectivity index (χ4v) is 1.97. The molecule has 106 valence electrons. The molecular formula is C16H19NO3. The van der Waals surface area contributed by atoms with E-state index in [-0.39, 0.29) is 0 Å².